The summed E-state index contributed by atoms with van der Waals surface area (Å²) in [7, 11) is 1.98. The second-order valence-electron chi connectivity index (χ2n) is 3.57. The largest absolute Gasteiger partial charge is 0.309 e. The number of thiophene rings is 1. The molecule has 0 aliphatic heterocycles. The Kier molecular flexibility index (Phi) is 4.83. The van der Waals surface area contributed by atoms with Crippen molar-refractivity contribution in [3.05, 3.63) is 53.5 Å². The van der Waals surface area contributed by atoms with Crippen LogP contribution in [0.15, 0.2) is 42.4 Å². The second-order valence-corrected chi connectivity index (χ2v) is 7.63. The molecule has 2 aromatic rings. The number of rotatable bonds is 3. The van der Waals surface area contributed by atoms with Crippen molar-refractivity contribution in [2.45, 2.75) is 6.04 Å². The first kappa shape index (κ1) is 13.7. The highest BCUT2D eigenvalue weighted by Gasteiger charge is 2.16. The van der Waals surface area contributed by atoms with Gasteiger partial charge in [0, 0.05) is 8.95 Å². The average molecular weight is 440 g/mol. The summed E-state index contributed by atoms with van der Waals surface area (Å²) in [6.45, 7) is 0. The van der Waals surface area contributed by atoms with Gasteiger partial charge in [0.2, 0.25) is 0 Å². The van der Waals surface area contributed by atoms with E-state index < -0.39 is 0 Å². The molecule has 1 nitrogen and oxygen atoms in total. The molecule has 1 N–H and O–H groups in total. The first-order valence-electron chi connectivity index (χ1n) is 4.98. The minimum Gasteiger partial charge on any atom is -0.309 e. The van der Waals surface area contributed by atoms with Crippen LogP contribution in [0.2, 0.25) is 0 Å². The molecule has 1 unspecified atom stereocenters. The average Bonchev–Trinajstić information content (AvgIpc) is 2.71. The Bertz CT molecular complexity index is 524. The minimum atomic E-state index is 0.199. The highest BCUT2D eigenvalue weighted by molar-refractivity contribution is 9.11. The molecule has 0 spiro atoms. The van der Waals surface area contributed by atoms with E-state index in [1.165, 1.54) is 11.1 Å². The Morgan fingerprint density at radius 3 is 2.53 bits per heavy atom. The molecule has 1 aromatic carbocycles. The summed E-state index contributed by atoms with van der Waals surface area (Å²) in [6, 6.07) is 8.58. The fraction of sp³-hybridized carbons (Fsp3) is 0.167. The molecule has 1 atom stereocenters. The molecule has 17 heavy (non-hydrogen) atoms. The van der Waals surface area contributed by atoms with Crippen molar-refractivity contribution in [1.82, 2.24) is 5.32 Å². The zero-order valence-corrected chi connectivity index (χ0v) is 14.6. The fourth-order valence-corrected chi connectivity index (χ4v) is 3.77. The molecule has 0 aliphatic rings. The summed E-state index contributed by atoms with van der Waals surface area (Å²) in [5.41, 5.74) is 2.50. The summed E-state index contributed by atoms with van der Waals surface area (Å²) in [5.74, 6) is 0. The smallest absolute Gasteiger partial charge is 0.0701 e. The first-order chi connectivity index (χ1) is 8.11. The second kappa shape index (κ2) is 5.97. The summed E-state index contributed by atoms with van der Waals surface area (Å²) in [6.07, 6.45) is 0. The van der Waals surface area contributed by atoms with Gasteiger partial charge in [-0.05, 0) is 63.8 Å². The van der Waals surface area contributed by atoms with Gasteiger partial charge in [0.1, 0.15) is 0 Å². The van der Waals surface area contributed by atoms with Gasteiger partial charge in [-0.15, -0.1) is 11.3 Å². The summed E-state index contributed by atoms with van der Waals surface area (Å²) < 4.78 is 3.35. The molecule has 0 bridgehead atoms. The zero-order valence-electron chi connectivity index (χ0n) is 9.01. The van der Waals surface area contributed by atoms with E-state index >= 15 is 0 Å². The molecule has 0 aliphatic carbocycles. The van der Waals surface area contributed by atoms with E-state index in [1.54, 1.807) is 11.3 Å². The van der Waals surface area contributed by atoms with Crippen LogP contribution < -0.4 is 5.32 Å². The fourth-order valence-electron chi connectivity index (χ4n) is 1.71. The van der Waals surface area contributed by atoms with Crippen LogP contribution >= 0.6 is 59.1 Å². The molecule has 90 valence electrons. The van der Waals surface area contributed by atoms with E-state index in [4.69, 9.17) is 0 Å². The lowest BCUT2D eigenvalue weighted by Gasteiger charge is -2.17. The molecule has 0 saturated heterocycles. The lowest BCUT2D eigenvalue weighted by molar-refractivity contribution is 0.691. The van der Waals surface area contributed by atoms with Crippen LogP contribution in [0.3, 0.4) is 0 Å². The van der Waals surface area contributed by atoms with Crippen molar-refractivity contribution < 1.29 is 0 Å². The topological polar surface area (TPSA) is 12.0 Å². The van der Waals surface area contributed by atoms with E-state index in [0.29, 0.717) is 0 Å². The van der Waals surface area contributed by atoms with Gasteiger partial charge in [0.05, 0.1) is 9.83 Å². The third-order valence-corrected chi connectivity index (χ3v) is 5.22. The van der Waals surface area contributed by atoms with Crippen molar-refractivity contribution in [2.75, 3.05) is 7.05 Å². The molecule has 0 fully saturated rings. The van der Waals surface area contributed by atoms with E-state index in [2.05, 4.69) is 76.7 Å². The van der Waals surface area contributed by atoms with Gasteiger partial charge in [-0.1, -0.05) is 31.9 Å². The maximum absolute atomic E-state index is 3.61. The Labute approximate surface area is 130 Å². The standard InChI is InChI=1S/C12H10Br3NS/c1-16-12(7-4-11(15)17-6-7)9-5-8(13)2-3-10(9)14/h2-6,12,16H,1H3. The third kappa shape index (κ3) is 3.20. The highest BCUT2D eigenvalue weighted by atomic mass is 79.9. The van der Waals surface area contributed by atoms with Crippen molar-refractivity contribution in [3.8, 4) is 0 Å². The molecule has 0 saturated carbocycles. The van der Waals surface area contributed by atoms with Gasteiger partial charge in [-0.2, -0.15) is 0 Å². The van der Waals surface area contributed by atoms with Crippen LogP contribution in [0.5, 0.6) is 0 Å². The van der Waals surface area contributed by atoms with Crippen LogP contribution in [0, 0.1) is 0 Å². The zero-order chi connectivity index (χ0) is 12.4. The molecule has 2 rings (SSSR count). The van der Waals surface area contributed by atoms with Crippen molar-refractivity contribution in [2.24, 2.45) is 0 Å². The SMILES string of the molecule is CNC(c1csc(Br)c1)c1cc(Br)ccc1Br. The van der Waals surface area contributed by atoms with Gasteiger partial charge >= 0.3 is 0 Å². The molecule has 1 aromatic heterocycles. The van der Waals surface area contributed by atoms with Gasteiger partial charge < -0.3 is 5.32 Å². The Morgan fingerprint density at radius 1 is 1.18 bits per heavy atom. The van der Waals surface area contributed by atoms with Gasteiger partial charge in [-0.3, -0.25) is 0 Å². The summed E-state index contributed by atoms with van der Waals surface area (Å²) in [4.78, 5) is 0. The molecular weight excluding hydrogens is 430 g/mol. The first-order valence-corrected chi connectivity index (χ1v) is 8.24. The maximum Gasteiger partial charge on any atom is 0.0701 e. The monoisotopic (exact) mass is 437 g/mol. The predicted molar refractivity (Wildman–Crippen MR) is 84.8 cm³/mol. The highest BCUT2D eigenvalue weighted by Crippen LogP contribution is 2.34. The van der Waals surface area contributed by atoms with Crippen LogP contribution in [-0.4, -0.2) is 7.05 Å². The minimum absolute atomic E-state index is 0.199. The van der Waals surface area contributed by atoms with E-state index in [9.17, 15) is 0 Å². The number of halogens is 3. The van der Waals surface area contributed by atoms with Crippen LogP contribution in [0.4, 0.5) is 0 Å². The van der Waals surface area contributed by atoms with Gasteiger partial charge in [0.15, 0.2) is 0 Å². The van der Waals surface area contributed by atoms with E-state index in [0.717, 1.165) is 12.7 Å². The number of hydrogen-bond donors (Lipinski definition) is 1. The molecular formula is C12H10Br3NS. The lowest BCUT2D eigenvalue weighted by Crippen LogP contribution is -2.17. The van der Waals surface area contributed by atoms with Crippen molar-refractivity contribution >= 4 is 59.1 Å². The predicted octanol–water partition coefficient (Wildman–Crippen LogP) is 5.34. The van der Waals surface area contributed by atoms with Gasteiger partial charge in [0.25, 0.3) is 0 Å². The lowest BCUT2D eigenvalue weighted by atomic mass is 10.0. The molecule has 1 heterocycles. The number of nitrogens with one attached hydrogen (secondary N) is 1. The number of benzene rings is 1. The van der Waals surface area contributed by atoms with Crippen LogP contribution in [0.25, 0.3) is 0 Å². The van der Waals surface area contributed by atoms with Crippen LogP contribution in [0.1, 0.15) is 17.2 Å². The van der Waals surface area contributed by atoms with Crippen molar-refractivity contribution in [3.63, 3.8) is 0 Å². The Balaban J connectivity index is 2.45. The van der Waals surface area contributed by atoms with E-state index in [1.807, 2.05) is 13.1 Å². The quantitative estimate of drug-likeness (QED) is 0.680. The maximum atomic E-state index is 3.61. The Hall–Kier alpha value is 0.320. The molecule has 0 radical (unpaired) electrons. The van der Waals surface area contributed by atoms with Crippen molar-refractivity contribution in [1.29, 1.82) is 0 Å². The molecule has 0 amide bonds. The van der Waals surface area contributed by atoms with Crippen LogP contribution in [-0.2, 0) is 0 Å². The summed E-state index contributed by atoms with van der Waals surface area (Å²) in [5, 5.41) is 5.52. The third-order valence-electron chi connectivity index (χ3n) is 2.48. The normalized spacial score (nSPS) is 12.7. The summed E-state index contributed by atoms with van der Waals surface area (Å²) >= 11 is 12.3. The van der Waals surface area contributed by atoms with Gasteiger partial charge in [-0.25, -0.2) is 0 Å². The number of hydrogen-bond acceptors (Lipinski definition) is 2. The Morgan fingerprint density at radius 2 is 1.94 bits per heavy atom. The molecule has 5 heteroatoms. The van der Waals surface area contributed by atoms with E-state index in [-0.39, 0.29) is 6.04 Å².